The molecule has 0 heterocycles. The smallest absolute Gasteiger partial charge is 0.320 e. The van der Waals surface area contributed by atoms with Gasteiger partial charge < -0.3 is 10.4 Å². The Kier molecular flexibility index (Phi) is 4.54. The Bertz CT molecular complexity index is 159. The third kappa shape index (κ3) is 5.61. The van der Waals surface area contributed by atoms with Crippen LogP contribution >= 0.6 is 0 Å². The van der Waals surface area contributed by atoms with Crippen LogP contribution in [0.25, 0.3) is 0 Å². The lowest BCUT2D eigenvalue weighted by Gasteiger charge is -2.05. The van der Waals surface area contributed by atoms with Crippen molar-refractivity contribution in [3.8, 4) is 0 Å². The summed E-state index contributed by atoms with van der Waals surface area (Å²) >= 11 is 0. The van der Waals surface area contributed by atoms with Crippen LogP contribution in [0.2, 0.25) is 0 Å². The predicted molar refractivity (Wildman–Crippen MR) is 44.5 cm³/mol. The van der Waals surface area contributed by atoms with E-state index in [1.165, 1.54) is 5.57 Å². The number of rotatable bonds is 4. The molecule has 0 amide bonds. The summed E-state index contributed by atoms with van der Waals surface area (Å²) in [6.45, 7) is 6.21. The van der Waals surface area contributed by atoms with Gasteiger partial charge in [0.2, 0.25) is 0 Å². The number of carboxylic acids is 1. The first kappa shape index (κ1) is 10.2. The van der Waals surface area contributed by atoms with Crippen LogP contribution in [0.3, 0.4) is 0 Å². The largest absolute Gasteiger partial charge is 0.480 e. The lowest BCUT2D eigenvalue weighted by Crippen LogP contribution is -2.33. The molecular weight excluding hydrogens is 142 g/mol. The summed E-state index contributed by atoms with van der Waals surface area (Å²) in [5, 5.41) is 11.3. The van der Waals surface area contributed by atoms with Crippen molar-refractivity contribution in [1.29, 1.82) is 0 Å². The molecule has 1 atom stereocenters. The summed E-state index contributed by atoms with van der Waals surface area (Å²) in [5.74, 6) is -0.813. The zero-order chi connectivity index (χ0) is 8.85. The quantitative estimate of drug-likeness (QED) is 0.599. The van der Waals surface area contributed by atoms with Gasteiger partial charge in [-0.1, -0.05) is 11.6 Å². The van der Waals surface area contributed by atoms with E-state index in [4.69, 9.17) is 5.11 Å². The molecular formula is C8H15NO2. The molecule has 0 saturated carbocycles. The first-order valence-corrected chi connectivity index (χ1v) is 3.63. The van der Waals surface area contributed by atoms with E-state index in [2.05, 4.69) is 5.32 Å². The Morgan fingerprint density at radius 2 is 2.18 bits per heavy atom. The van der Waals surface area contributed by atoms with E-state index in [1.54, 1.807) is 6.92 Å². The van der Waals surface area contributed by atoms with Gasteiger partial charge in [0.05, 0.1) is 0 Å². The van der Waals surface area contributed by atoms with E-state index >= 15 is 0 Å². The van der Waals surface area contributed by atoms with Gasteiger partial charge in [0.1, 0.15) is 6.04 Å². The lowest BCUT2D eigenvalue weighted by atomic mass is 10.3. The minimum Gasteiger partial charge on any atom is -0.480 e. The first-order chi connectivity index (χ1) is 5.04. The van der Waals surface area contributed by atoms with Crippen molar-refractivity contribution >= 4 is 5.97 Å². The SMILES string of the molecule is CC(C)=CCNC(C)C(=O)O. The van der Waals surface area contributed by atoms with Gasteiger partial charge >= 0.3 is 5.97 Å². The molecule has 0 aliphatic rings. The van der Waals surface area contributed by atoms with Gasteiger partial charge in [-0.3, -0.25) is 4.79 Å². The van der Waals surface area contributed by atoms with Gasteiger partial charge in [-0.05, 0) is 20.8 Å². The highest BCUT2D eigenvalue weighted by Crippen LogP contribution is 1.87. The van der Waals surface area contributed by atoms with Crippen molar-refractivity contribution in [2.24, 2.45) is 0 Å². The topological polar surface area (TPSA) is 49.3 Å². The first-order valence-electron chi connectivity index (χ1n) is 3.63. The minimum absolute atomic E-state index is 0.467. The second kappa shape index (κ2) is 4.91. The molecule has 2 N–H and O–H groups in total. The van der Waals surface area contributed by atoms with Crippen molar-refractivity contribution in [3.63, 3.8) is 0 Å². The normalized spacial score (nSPS) is 12.3. The molecule has 0 bridgehead atoms. The van der Waals surface area contributed by atoms with E-state index in [-0.39, 0.29) is 0 Å². The number of hydrogen-bond donors (Lipinski definition) is 2. The predicted octanol–water partition coefficient (Wildman–Crippen LogP) is 1.02. The fourth-order valence-corrected chi connectivity index (χ4v) is 0.527. The summed E-state index contributed by atoms with van der Waals surface area (Å²) in [6.07, 6.45) is 1.96. The van der Waals surface area contributed by atoms with Crippen LogP contribution in [0.1, 0.15) is 20.8 Å². The maximum atomic E-state index is 10.3. The van der Waals surface area contributed by atoms with E-state index in [0.29, 0.717) is 6.54 Å². The number of nitrogens with one attached hydrogen (secondary N) is 1. The van der Waals surface area contributed by atoms with Crippen molar-refractivity contribution in [2.75, 3.05) is 6.54 Å². The molecule has 64 valence electrons. The van der Waals surface area contributed by atoms with E-state index in [1.807, 2.05) is 19.9 Å². The maximum absolute atomic E-state index is 10.3. The highest BCUT2D eigenvalue weighted by atomic mass is 16.4. The summed E-state index contributed by atoms with van der Waals surface area (Å²) in [5.41, 5.74) is 1.19. The van der Waals surface area contributed by atoms with Crippen LogP contribution in [0.5, 0.6) is 0 Å². The molecule has 0 radical (unpaired) electrons. The molecule has 3 heteroatoms. The Morgan fingerprint density at radius 3 is 2.55 bits per heavy atom. The molecule has 3 nitrogen and oxygen atoms in total. The zero-order valence-electron chi connectivity index (χ0n) is 7.22. The standard InChI is InChI=1S/C8H15NO2/c1-6(2)4-5-9-7(3)8(10)11/h4,7,9H,5H2,1-3H3,(H,10,11). The summed E-state index contributed by atoms with van der Waals surface area (Å²) < 4.78 is 0. The monoisotopic (exact) mass is 157 g/mol. The third-order valence-electron chi connectivity index (χ3n) is 1.30. The molecule has 0 spiro atoms. The lowest BCUT2D eigenvalue weighted by molar-refractivity contribution is -0.138. The van der Waals surface area contributed by atoms with Gasteiger partial charge in [-0.2, -0.15) is 0 Å². The fourth-order valence-electron chi connectivity index (χ4n) is 0.527. The fraction of sp³-hybridized carbons (Fsp3) is 0.625. The zero-order valence-corrected chi connectivity index (χ0v) is 7.22. The molecule has 0 rings (SSSR count). The van der Waals surface area contributed by atoms with Crippen molar-refractivity contribution < 1.29 is 9.90 Å². The van der Waals surface area contributed by atoms with Crippen molar-refractivity contribution in [1.82, 2.24) is 5.32 Å². The number of hydrogen-bond acceptors (Lipinski definition) is 2. The van der Waals surface area contributed by atoms with Gasteiger partial charge in [0.25, 0.3) is 0 Å². The molecule has 0 saturated heterocycles. The molecule has 0 aliphatic heterocycles. The van der Waals surface area contributed by atoms with Crippen LogP contribution in [-0.4, -0.2) is 23.7 Å². The highest BCUT2D eigenvalue weighted by molar-refractivity contribution is 5.72. The number of carboxylic acid groups (broad SMARTS) is 1. The van der Waals surface area contributed by atoms with E-state index in [0.717, 1.165) is 0 Å². The van der Waals surface area contributed by atoms with Gasteiger partial charge in [0, 0.05) is 6.54 Å². The Balaban J connectivity index is 3.55. The van der Waals surface area contributed by atoms with Crippen LogP contribution in [0.15, 0.2) is 11.6 Å². The third-order valence-corrected chi connectivity index (χ3v) is 1.30. The molecule has 11 heavy (non-hydrogen) atoms. The van der Waals surface area contributed by atoms with Gasteiger partial charge in [-0.25, -0.2) is 0 Å². The molecule has 0 aromatic heterocycles. The number of carbonyl (C=O) groups is 1. The second-order valence-corrected chi connectivity index (χ2v) is 2.75. The Labute approximate surface area is 67.1 Å². The highest BCUT2D eigenvalue weighted by Gasteiger charge is 2.06. The molecule has 0 aromatic rings. The maximum Gasteiger partial charge on any atom is 0.320 e. The minimum atomic E-state index is -0.813. The van der Waals surface area contributed by atoms with Crippen LogP contribution < -0.4 is 5.32 Å². The Hall–Kier alpha value is -0.830. The van der Waals surface area contributed by atoms with Gasteiger partial charge in [0.15, 0.2) is 0 Å². The average Bonchev–Trinajstić information content (AvgIpc) is 1.86. The summed E-state index contributed by atoms with van der Waals surface area (Å²) in [6, 6.07) is -0.467. The summed E-state index contributed by atoms with van der Waals surface area (Å²) in [4.78, 5) is 10.3. The second-order valence-electron chi connectivity index (χ2n) is 2.75. The van der Waals surface area contributed by atoms with E-state index < -0.39 is 12.0 Å². The van der Waals surface area contributed by atoms with Gasteiger partial charge in [-0.15, -0.1) is 0 Å². The van der Waals surface area contributed by atoms with E-state index in [9.17, 15) is 4.79 Å². The molecule has 0 aromatic carbocycles. The molecule has 0 fully saturated rings. The van der Waals surface area contributed by atoms with Crippen LogP contribution in [-0.2, 0) is 4.79 Å². The summed E-state index contributed by atoms with van der Waals surface area (Å²) in [7, 11) is 0. The Morgan fingerprint density at radius 1 is 1.64 bits per heavy atom. The van der Waals surface area contributed by atoms with Crippen molar-refractivity contribution in [2.45, 2.75) is 26.8 Å². The van der Waals surface area contributed by atoms with Crippen LogP contribution in [0, 0.1) is 0 Å². The van der Waals surface area contributed by atoms with Crippen molar-refractivity contribution in [3.05, 3.63) is 11.6 Å². The molecule has 1 unspecified atom stereocenters. The van der Waals surface area contributed by atoms with Crippen LogP contribution in [0.4, 0.5) is 0 Å². The number of allylic oxidation sites excluding steroid dienone is 1. The molecule has 0 aliphatic carbocycles. The average molecular weight is 157 g/mol. The number of aliphatic carboxylic acids is 1.